The van der Waals surface area contributed by atoms with Crippen molar-refractivity contribution < 1.29 is 9.59 Å². The fourth-order valence-corrected chi connectivity index (χ4v) is 3.27. The maximum Gasteiger partial charge on any atom is 0.242 e. The summed E-state index contributed by atoms with van der Waals surface area (Å²) in [5.41, 5.74) is 2.85. The van der Waals surface area contributed by atoms with Gasteiger partial charge in [0.15, 0.2) is 0 Å². The van der Waals surface area contributed by atoms with Crippen molar-refractivity contribution in [1.82, 2.24) is 10.2 Å². The van der Waals surface area contributed by atoms with Gasteiger partial charge in [0.1, 0.15) is 6.04 Å². The van der Waals surface area contributed by atoms with Crippen molar-refractivity contribution in [2.45, 2.75) is 59.2 Å². The highest BCUT2D eigenvalue weighted by Gasteiger charge is 2.27. The molecule has 0 aliphatic carbocycles. The lowest BCUT2D eigenvalue weighted by atomic mass is 10.1. The summed E-state index contributed by atoms with van der Waals surface area (Å²) in [5.74, 6) is -0.297. The molecule has 2 rings (SSSR count). The Morgan fingerprint density at radius 1 is 1.07 bits per heavy atom. The summed E-state index contributed by atoms with van der Waals surface area (Å²) in [5, 5.41) is 3.83. The van der Waals surface area contributed by atoms with Crippen molar-refractivity contribution >= 4 is 35.0 Å². The summed E-state index contributed by atoms with van der Waals surface area (Å²) in [6.45, 7) is 8.09. The minimum Gasteiger partial charge on any atom is -0.352 e. The van der Waals surface area contributed by atoms with Gasteiger partial charge in [0.25, 0.3) is 0 Å². The van der Waals surface area contributed by atoms with Gasteiger partial charge in [-0.1, -0.05) is 60.5 Å². The monoisotopic (exact) mass is 434 g/mol. The molecule has 0 aliphatic heterocycles. The topological polar surface area (TPSA) is 49.4 Å². The summed E-state index contributed by atoms with van der Waals surface area (Å²) < 4.78 is 0. The molecule has 0 saturated heterocycles. The predicted octanol–water partition coefficient (Wildman–Crippen LogP) is 5.18. The second kappa shape index (κ2) is 10.7. The van der Waals surface area contributed by atoms with E-state index in [0.717, 1.165) is 23.1 Å². The smallest absolute Gasteiger partial charge is 0.242 e. The van der Waals surface area contributed by atoms with Gasteiger partial charge in [0.05, 0.1) is 16.5 Å². The molecular weight excluding hydrogens is 407 g/mol. The highest BCUT2D eigenvalue weighted by atomic mass is 35.5. The third kappa shape index (κ3) is 6.48. The van der Waals surface area contributed by atoms with Crippen LogP contribution < -0.4 is 5.32 Å². The molecular formula is C23H28Cl2N2O2. The number of carbonyl (C=O) groups is 2. The lowest BCUT2D eigenvalue weighted by Gasteiger charge is -2.30. The first-order chi connectivity index (χ1) is 13.7. The molecule has 4 nitrogen and oxygen atoms in total. The average molecular weight is 435 g/mol. The zero-order valence-corrected chi connectivity index (χ0v) is 18.8. The van der Waals surface area contributed by atoms with E-state index in [1.165, 1.54) is 0 Å². The number of carbonyl (C=O) groups excluding carboxylic acids is 2. The molecule has 0 heterocycles. The van der Waals surface area contributed by atoms with Crippen molar-refractivity contribution in [1.29, 1.82) is 0 Å². The highest BCUT2D eigenvalue weighted by molar-refractivity contribution is 6.42. The molecule has 1 N–H and O–H groups in total. The second-order valence-electron chi connectivity index (χ2n) is 7.37. The molecule has 2 amide bonds. The highest BCUT2D eigenvalue weighted by Crippen LogP contribution is 2.23. The lowest BCUT2D eigenvalue weighted by molar-refractivity contribution is -0.140. The standard InChI is InChI=1S/C23H28Cl2N2O2/c1-5-16(3)26-23(29)17(4)27(14-19-9-7-6-8-15(19)2)22(28)13-18-10-11-20(24)21(25)12-18/h6-12,16-17H,5,13-14H2,1-4H3,(H,26,29)/t16-,17-/m0/s1. The number of hydrogen-bond donors (Lipinski definition) is 1. The summed E-state index contributed by atoms with van der Waals surface area (Å²) in [6, 6.07) is 12.5. The van der Waals surface area contributed by atoms with Crippen LogP contribution >= 0.6 is 23.2 Å². The van der Waals surface area contributed by atoms with Crippen LogP contribution in [0.5, 0.6) is 0 Å². The van der Waals surface area contributed by atoms with Crippen molar-refractivity contribution in [3.05, 3.63) is 69.2 Å². The summed E-state index contributed by atoms with van der Waals surface area (Å²) in [7, 11) is 0. The maximum atomic E-state index is 13.2. The van der Waals surface area contributed by atoms with Crippen LogP contribution in [0, 0.1) is 6.92 Å². The maximum absolute atomic E-state index is 13.2. The van der Waals surface area contributed by atoms with Crippen molar-refractivity contribution in [3.63, 3.8) is 0 Å². The normalized spacial score (nSPS) is 12.9. The molecule has 2 atom stereocenters. The van der Waals surface area contributed by atoms with E-state index in [9.17, 15) is 9.59 Å². The lowest BCUT2D eigenvalue weighted by Crippen LogP contribution is -2.50. The molecule has 2 aromatic carbocycles. The first-order valence-corrected chi connectivity index (χ1v) is 10.6. The third-order valence-corrected chi connectivity index (χ3v) is 5.85. The van der Waals surface area contributed by atoms with Crippen LogP contribution in [-0.4, -0.2) is 28.8 Å². The number of halogens is 2. The first kappa shape index (κ1) is 23.2. The van der Waals surface area contributed by atoms with Crippen molar-refractivity contribution in [3.8, 4) is 0 Å². The Morgan fingerprint density at radius 3 is 2.38 bits per heavy atom. The van der Waals surface area contributed by atoms with Gasteiger partial charge in [-0.3, -0.25) is 9.59 Å². The SMILES string of the molecule is CC[C@H](C)NC(=O)[C@H](C)N(Cc1ccccc1C)C(=O)Cc1ccc(Cl)c(Cl)c1. The Morgan fingerprint density at radius 2 is 1.76 bits per heavy atom. The molecule has 0 saturated carbocycles. The van der Waals surface area contributed by atoms with Crippen LogP contribution in [0.3, 0.4) is 0 Å². The molecule has 156 valence electrons. The zero-order chi connectivity index (χ0) is 21.6. The summed E-state index contributed by atoms with van der Waals surface area (Å²) in [6.07, 6.45) is 0.969. The number of amides is 2. The Hall–Kier alpha value is -2.04. The number of nitrogens with one attached hydrogen (secondary N) is 1. The number of rotatable bonds is 8. The fraction of sp³-hybridized carbons (Fsp3) is 0.391. The molecule has 2 aromatic rings. The first-order valence-electron chi connectivity index (χ1n) is 9.81. The number of benzene rings is 2. The second-order valence-corrected chi connectivity index (χ2v) is 8.18. The van der Waals surface area contributed by atoms with Gasteiger partial charge < -0.3 is 10.2 Å². The Balaban J connectivity index is 2.27. The van der Waals surface area contributed by atoms with Gasteiger partial charge in [-0.2, -0.15) is 0 Å². The van der Waals surface area contributed by atoms with Crippen LogP contribution in [0.25, 0.3) is 0 Å². The van der Waals surface area contributed by atoms with Crippen LogP contribution in [0.4, 0.5) is 0 Å². The van der Waals surface area contributed by atoms with E-state index in [-0.39, 0.29) is 24.3 Å². The molecule has 0 aliphatic rings. The number of aryl methyl sites for hydroxylation is 1. The predicted molar refractivity (Wildman–Crippen MR) is 119 cm³/mol. The number of nitrogens with zero attached hydrogens (tertiary/aromatic N) is 1. The van der Waals surface area contributed by atoms with Crippen LogP contribution in [0.15, 0.2) is 42.5 Å². The zero-order valence-electron chi connectivity index (χ0n) is 17.3. The largest absolute Gasteiger partial charge is 0.352 e. The summed E-state index contributed by atoms with van der Waals surface area (Å²) >= 11 is 12.1. The van der Waals surface area contributed by atoms with E-state index in [4.69, 9.17) is 23.2 Å². The minimum absolute atomic E-state index is 0.0513. The van der Waals surface area contributed by atoms with Gasteiger partial charge >= 0.3 is 0 Å². The van der Waals surface area contributed by atoms with Gasteiger partial charge in [-0.25, -0.2) is 0 Å². The molecule has 0 fully saturated rings. The molecule has 6 heteroatoms. The third-order valence-electron chi connectivity index (χ3n) is 5.11. The van der Waals surface area contributed by atoms with E-state index < -0.39 is 6.04 Å². The quantitative estimate of drug-likeness (QED) is 0.622. The molecule has 0 unspecified atom stereocenters. The van der Waals surface area contributed by atoms with E-state index in [0.29, 0.717) is 16.6 Å². The summed E-state index contributed by atoms with van der Waals surface area (Å²) in [4.78, 5) is 27.6. The fourth-order valence-electron chi connectivity index (χ4n) is 2.94. The van der Waals surface area contributed by atoms with Crippen molar-refractivity contribution in [2.24, 2.45) is 0 Å². The molecule has 29 heavy (non-hydrogen) atoms. The van der Waals surface area contributed by atoms with Crippen LogP contribution in [0.2, 0.25) is 10.0 Å². The van der Waals surface area contributed by atoms with Crippen molar-refractivity contribution in [2.75, 3.05) is 0 Å². The Labute approximate surface area is 183 Å². The average Bonchev–Trinajstić information content (AvgIpc) is 2.69. The van der Waals surface area contributed by atoms with E-state index in [1.54, 1.807) is 30.0 Å². The molecule has 0 spiro atoms. The molecule has 0 bridgehead atoms. The van der Waals surface area contributed by atoms with E-state index in [1.807, 2.05) is 45.0 Å². The van der Waals surface area contributed by atoms with Gasteiger partial charge in [0, 0.05) is 12.6 Å². The van der Waals surface area contributed by atoms with Gasteiger partial charge in [-0.05, 0) is 56.0 Å². The van der Waals surface area contributed by atoms with Crippen LogP contribution in [-0.2, 0) is 22.6 Å². The van der Waals surface area contributed by atoms with Gasteiger partial charge in [0.2, 0.25) is 11.8 Å². The number of hydrogen-bond acceptors (Lipinski definition) is 2. The molecule has 0 radical (unpaired) electrons. The van der Waals surface area contributed by atoms with E-state index >= 15 is 0 Å². The molecule has 0 aromatic heterocycles. The van der Waals surface area contributed by atoms with E-state index in [2.05, 4.69) is 5.32 Å². The Kier molecular flexibility index (Phi) is 8.54. The Bertz CT molecular complexity index is 870. The van der Waals surface area contributed by atoms with Crippen LogP contribution in [0.1, 0.15) is 43.9 Å². The minimum atomic E-state index is -0.598. The van der Waals surface area contributed by atoms with Gasteiger partial charge in [-0.15, -0.1) is 0 Å².